The summed E-state index contributed by atoms with van der Waals surface area (Å²) in [6.45, 7) is 0.378. The molecule has 2 saturated carbocycles. The lowest BCUT2D eigenvalue weighted by Crippen LogP contribution is -2.50. The molecule has 2 amide bonds. The molecule has 0 spiro atoms. The molecule has 4 aromatic rings. The molecule has 2 fully saturated rings. The number of anilines is 3. The quantitative estimate of drug-likeness (QED) is 0.0451. The topological polar surface area (TPSA) is 130 Å². The van der Waals surface area contributed by atoms with Gasteiger partial charge in [-0.25, -0.2) is 13.2 Å². The molecule has 0 saturated heterocycles. The molecule has 33 heteroatoms. The standard InChI is InChI=1S/C21H14F11IN2O.C17H6F11IN2O3.C4H6O/c22-15-11(2-1-3-14(15)34-8-9-4-5-9)17(36)35-16-12(19(24,25)26)6-10(7-13(16)33)18(23,20(27,28)29)21(30,31)32;18-11-7(2-1-3-10(11)31(33)34)13(32)30-12-8(15(20,21)22)4-6(5-9(12)29)14(19,16(23,24)25)17(26,27)28;5-3-4-1-2-4/h1-3,6-7,9,34H,4-5,8H2,(H,35,36);1-5H,(H,30,32);3-4H,1-2H2. The summed E-state index contributed by atoms with van der Waals surface area (Å²) >= 11 is 1.73. The highest BCUT2D eigenvalue weighted by Gasteiger charge is 2.75. The Kier molecular flexibility index (Phi) is 18.5. The van der Waals surface area contributed by atoms with Crippen LogP contribution < -0.4 is 16.0 Å². The number of benzene rings is 4. The number of aldehydes is 1. The Bertz CT molecular complexity index is 2780. The normalized spacial score (nSPS) is 14.7. The Hall–Kier alpha value is -5.39. The Labute approximate surface area is 431 Å². The van der Waals surface area contributed by atoms with E-state index >= 15 is 0 Å². The fourth-order valence-corrected chi connectivity index (χ4v) is 7.66. The Morgan fingerprint density at radius 1 is 0.587 bits per heavy atom. The molecule has 0 atom stereocenters. The number of halogens is 24. The highest BCUT2D eigenvalue weighted by atomic mass is 127. The summed E-state index contributed by atoms with van der Waals surface area (Å²) in [5.41, 5.74) is -27.6. The fraction of sp³-hybridized carbons (Fsp3) is 0.357. The van der Waals surface area contributed by atoms with Crippen molar-refractivity contribution in [3.8, 4) is 0 Å². The minimum atomic E-state index is -6.71. The molecule has 0 radical (unpaired) electrons. The second kappa shape index (κ2) is 22.3. The summed E-state index contributed by atoms with van der Waals surface area (Å²) < 4.78 is 293. The van der Waals surface area contributed by atoms with Crippen molar-refractivity contribution in [3.63, 3.8) is 0 Å². The number of carbonyl (C=O) groups excluding carboxylic acids is 3. The van der Waals surface area contributed by atoms with E-state index in [4.69, 9.17) is 0 Å². The van der Waals surface area contributed by atoms with Gasteiger partial charge in [-0.05, 0) is 119 Å². The van der Waals surface area contributed by atoms with E-state index in [1.54, 1.807) is 5.32 Å². The zero-order valence-corrected chi connectivity index (χ0v) is 40.4. The molecule has 9 nitrogen and oxygen atoms in total. The first-order valence-corrected chi connectivity index (χ1v) is 22.2. The van der Waals surface area contributed by atoms with Crippen LogP contribution in [-0.4, -0.2) is 54.3 Å². The van der Waals surface area contributed by atoms with E-state index in [0.29, 0.717) is 30.5 Å². The van der Waals surface area contributed by atoms with Gasteiger partial charge in [-0.1, -0.05) is 12.1 Å². The SMILES string of the molecule is O=C(Nc1c(I)cc(C(F)(C(F)(F)F)C(F)(F)F)cc1C(F)(F)F)c1cccc(NCC2CC2)c1F.O=C(Nc1c(I)cc(C(F)(C(F)(F)F)C(F)(F)F)cc1C(F)(F)F)c1cccc([N+](=O)[O-])c1F.O=CC1CC1. The molecule has 0 unspecified atom stereocenters. The largest absolute Gasteiger partial charge is 0.435 e. The zero-order valence-electron chi connectivity index (χ0n) is 36.1. The highest BCUT2D eigenvalue weighted by molar-refractivity contribution is 14.1. The van der Waals surface area contributed by atoms with E-state index in [1.807, 2.05) is 0 Å². The number of carbonyl (C=O) groups is 3. The molecule has 412 valence electrons. The van der Waals surface area contributed by atoms with Crippen molar-refractivity contribution in [1.82, 2.24) is 0 Å². The predicted molar refractivity (Wildman–Crippen MR) is 233 cm³/mol. The van der Waals surface area contributed by atoms with E-state index in [1.165, 1.54) is 17.4 Å². The Balaban J connectivity index is 0.000000296. The van der Waals surface area contributed by atoms with E-state index in [0.717, 1.165) is 89.3 Å². The summed E-state index contributed by atoms with van der Waals surface area (Å²) in [7, 11) is 0. The van der Waals surface area contributed by atoms with Gasteiger partial charge in [0.25, 0.3) is 11.8 Å². The predicted octanol–water partition coefficient (Wildman–Crippen LogP) is 15.3. The fourth-order valence-electron chi connectivity index (χ4n) is 6.14. The molecule has 2 aliphatic rings. The maximum absolute atomic E-state index is 14.8. The second-order valence-electron chi connectivity index (χ2n) is 15.8. The van der Waals surface area contributed by atoms with Gasteiger partial charge in [-0.15, -0.1) is 0 Å². The lowest BCUT2D eigenvalue weighted by molar-refractivity contribution is -0.387. The first-order valence-electron chi connectivity index (χ1n) is 20.0. The van der Waals surface area contributed by atoms with Gasteiger partial charge in [-0.3, -0.25) is 19.7 Å². The number of hydrogen-bond acceptors (Lipinski definition) is 6. The van der Waals surface area contributed by atoms with Crippen molar-refractivity contribution in [2.24, 2.45) is 11.8 Å². The van der Waals surface area contributed by atoms with Gasteiger partial charge in [-0.2, -0.15) is 83.4 Å². The summed E-state index contributed by atoms with van der Waals surface area (Å²) in [5, 5.41) is 16.6. The van der Waals surface area contributed by atoms with Crippen molar-refractivity contribution < 1.29 is 116 Å². The molecule has 0 aliphatic heterocycles. The first-order chi connectivity index (χ1) is 34.0. The van der Waals surface area contributed by atoms with Gasteiger partial charge < -0.3 is 20.7 Å². The van der Waals surface area contributed by atoms with Crippen LogP contribution in [0, 0.1) is 40.7 Å². The summed E-state index contributed by atoms with van der Waals surface area (Å²) in [6.07, 6.45) is -33.0. The lowest BCUT2D eigenvalue weighted by atomic mass is 9.92. The van der Waals surface area contributed by atoms with Crippen LogP contribution in [0.1, 0.15) is 68.7 Å². The lowest BCUT2D eigenvalue weighted by Gasteiger charge is -2.31. The molecule has 0 heterocycles. The smallest absolute Gasteiger partial charge is 0.382 e. The summed E-state index contributed by atoms with van der Waals surface area (Å²) in [5.74, 6) is -5.37. The maximum Gasteiger partial charge on any atom is 0.435 e. The Morgan fingerprint density at radius 3 is 1.27 bits per heavy atom. The summed E-state index contributed by atoms with van der Waals surface area (Å²) in [6, 6.07) is 3.62. The van der Waals surface area contributed by atoms with Gasteiger partial charge >= 0.3 is 54.1 Å². The van der Waals surface area contributed by atoms with Crippen LogP contribution >= 0.6 is 45.2 Å². The number of rotatable bonds is 11. The van der Waals surface area contributed by atoms with Crippen LogP contribution in [0.3, 0.4) is 0 Å². The minimum Gasteiger partial charge on any atom is -0.382 e. The number of alkyl halides is 20. The molecule has 0 aromatic heterocycles. The number of amides is 2. The van der Waals surface area contributed by atoms with E-state index < -0.39 is 146 Å². The first kappa shape index (κ1) is 62.2. The van der Waals surface area contributed by atoms with Gasteiger partial charge in [0.1, 0.15) is 6.29 Å². The number of hydrogen-bond donors (Lipinski definition) is 3. The van der Waals surface area contributed by atoms with E-state index in [9.17, 15) is 121 Å². The third-order valence-electron chi connectivity index (χ3n) is 10.4. The van der Waals surface area contributed by atoms with E-state index in [-0.39, 0.29) is 17.8 Å². The third kappa shape index (κ3) is 14.0. The van der Waals surface area contributed by atoms with Crippen LogP contribution in [0.5, 0.6) is 0 Å². The number of nitro benzene ring substituents is 1. The van der Waals surface area contributed by atoms with Crippen molar-refractivity contribution in [3.05, 3.63) is 123 Å². The number of nitro groups is 1. The molecule has 4 aromatic carbocycles. The summed E-state index contributed by atoms with van der Waals surface area (Å²) in [4.78, 5) is 43.9. The van der Waals surface area contributed by atoms with Crippen LogP contribution in [0.2, 0.25) is 0 Å². The van der Waals surface area contributed by atoms with Gasteiger partial charge in [0.15, 0.2) is 5.82 Å². The van der Waals surface area contributed by atoms with Crippen LogP contribution in [0.15, 0.2) is 60.7 Å². The third-order valence-corrected chi connectivity index (χ3v) is 12.1. The zero-order chi connectivity index (χ0) is 57.4. The second-order valence-corrected chi connectivity index (χ2v) is 18.2. The average molecular weight is 1340 g/mol. The number of nitrogens with one attached hydrogen (secondary N) is 3. The molecule has 0 bridgehead atoms. The molecule has 6 rings (SSSR count). The highest BCUT2D eigenvalue weighted by Crippen LogP contribution is 2.56. The van der Waals surface area contributed by atoms with Crippen molar-refractivity contribution in [2.75, 3.05) is 22.5 Å². The van der Waals surface area contributed by atoms with Crippen LogP contribution in [0.25, 0.3) is 0 Å². The maximum atomic E-state index is 14.8. The monoisotopic (exact) mass is 1340 g/mol. The van der Waals surface area contributed by atoms with E-state index in [2.05, 4.69) is 5.32 Å². The average Bonchev–Trinajstić information content (AvgIpc) is 4.21. The Morgan fingerprint density at radius 2 is 0.960 bits per heavy atom. The van der Waals surface area contributed by atoms with Gasteiger partial charge in [0.2, 0.25) is 5.82 Å². The van der Waals surface area contributed by atoms with Crippen molar-refractivity contribution in [2.45, 2.75) is 74.1 Å². The molecule has 2 aliphatic carbocycles. The molecular formula is C42H26F22I2N4O5. The molecule has 3 N–H and O–H groups in total. The van der Waals surface area contributed by atoms with Gasteiger partial charge in [0.05, 0.1) is 44.2 Å². The minimum absolute atomic E-state index is 0.115. The van der Waals surface area contributed by atoms with Crippen LogP contribution in [-0.2, 0) is 28.5 Å². The molecule has 75 heavy (non-hydrogen) atoms. The van der Waals surface area contributed by atoms with Gasteiger partial charge in [0, 0.05) is 36.8 Å². The van der Waals surface area contributed by atoms with Crippen molar-refractivity contribution in [1.29, 1.82) is 0 Å². The van der Waals surface area contributed by atoms with Crippen LogP contribution in [0.4, 0.5) is 119 Å². The van der Waals surface area contributed by atoms with Crippen molar-refractivity contribution >= 4 is 86.0 Å². The number of nitrogens with zero attached hydrogens (tertiary/aromatic N) is 1. The molecular weight excluding hydrogens is 1310 g/mol.